The molecule has 1 aromatic heterocycles. The van der Waals surface area contributed by atoms with Gasteiger partial charge in [-0.3, -0.25) is 9.10 Å². The minimum atomic E-state index is -3.75. The highest BCUT2D eigenvalue weighted by molar-refractivity contribution is 9.10. The summed E-state index contributed by atoms with van der Waals surface area (Å²) >= 11 is 4.87. The van der Waals surface area contributed by atoms with Gasteiger partial charge < -0.3 is 4.57 Å². The number of aryl methyl sites for hydroxylation is 1. The molecule has 0 unspecified atom stereocenters. The normalized spacial score (nSPS) is 12.3. The average molecular weight is 530 g/mol. The fourth-order valence-corrected chi connectivity index (χ4v) is 6.39. The lowest BCUT2D eigenvalue weighted by atomic mass is 10.2. The van der Waals surface area contributed by atoms with Crippen LogP contribution < -0.4 is 9.11 Å². The quantitative estimate of drug-likeness (QED) is 0.366. The summed E-state index contributed by atoms with van der Waals surface area (Å²) in [4.78, 5) is 17.7. The van der Waals surface area contributed by atoms with Gasteiger partial charge in [-0.1, -0.05) is 45.5 Å². The Kier molecular flexibility index (Phi) is 6.32. The molecule has 0 saturated heterocycles. The molecule has 9 heteroatoms. The van der Waals surface area contributed by atoms with Gasteiger partial charge in [-0.2, -0.15) is 4.99 Å². The van der Waals surface area contributed by atoms with Crippen LogP contribution in [0.25, 0.3) is 10.2 Å². The highest BCUT2D eigenvalue weighted by Gasteiger charge is 2.23. The number of fused-ring (bicyclic) bond motifs is 1. The molecule has 0 aliphatic carbocycles. The number of thiazole rings is 1. The summed E-state index contributed by atoms with van der Waals surface area (Å²) < 4.78 is 31.4. The highest BCUT2D eigenvalue weighted by Crippen LogP contribution is 2.24. The molecule has 1 heterocycles. The Morgan fingerprint density at radius 1 is 1.06 bits per heavy atom. The van der Waals surface area contributed by atoms with Crippen molar-refractivity contribution in [3.05, 3.63) is 87.6 Å². The largest absolute Gasteiger partial charge is 0.319 e. The first-order chi connectivity index (χ1) is 15.3. The first kappa shape index (κ1) is 22.4. The van der Waals surface area contributed by atoms with Crippen LogP contribution in [0.15, 0.2) is 87.2 Å². The van der Waals surface area contributed by atoms with Crippen molar-refractivity contribution < 1.29 is 13.2 Å². The number of amides is 1. The average Bonchev–Trinajstić information content (AvgIpc) is 3.09. The van der Waals surface area contributed by atoms with E-state index in [1.165, 1.54) is 39.9 Å². The standard InChI is InChI=1S/C23H20BrN3O3S2/c1-3-27(18-7-5-4-6-8-18)32(29,30)19-12-9-16(10-13-19)22(28)25-23-26(2)20-14-11-17(24)15-21(20)31-23/h4-15H,3H2,1-2H3. The van der Waals surface area contributed by atoms with Gasteiger partial charge in [0.2, 0.25) is 0 Å². The zero-order valence-corrected chi connectivity index (χ0v) is 20.6. The molecule has 0 fully saturated rings. The van der Waals surface area contributed by atoms with Gasteiger partial charge in [0.25, 0.3) is 15.9 Å². The van der Waals surface area contributed by atoms with E-state index in [1.807, 2.05) is 35.9 Å². The van der Waals surface area contributed by atoms with E-state index in [4.69, 9.17) is 0 Å². The van der Waals surface area contributed by atoms with E-state index < -0.39 is 15.9 Å². The third kappa shape index (κ3) is 4.28. The van der Waals surface area contributed by atoms with Gasteiger partial charge in [0.15, 0.2) is 4.80 Å². The zero-order chi connectivity index (χ0) is 22.9. The van der Waals surface area contributed by atoms with Crippen molar-refractivity contribution in [1.82, 2.24) is 4.57 Å². The molecular formula is C23H20BrN3O3S2. The fraction of sp³-hybridized carbons (Fsp3) is 0.130. The molecule has 0 aliphatic rings. The summed E-state index contributed by atoms with van der Waals surface area (Å²) in [5.74, 6) is -0.425. The lowest BCUT2D eigenvalue weighted by Crippen LogP contribution is -2.30. The number of benzene rings is 3. The lowest BCUT2D eigenvalue weighted by Gasteiger charge is -2.22. The Bertz CT molecular complexity index is 1460. The second-order valence-corrected chi connectivity index (χ2v) is 10.8. The van der Waals surface area contributed by atoms with E-state index in [9.17, 15) is 13.2 Å². The van der Waals surface area contributed by atoms with Crippen molar-refractivity contribution in [1.29, 1.82) is 0 Å². The third-order valence-electron chi connectivity index (χ3n) is 4.99. The monoisotopic (exact) mass is 529 g/mol. The predicted molar refractivity (Wildman–Crippen MR) is 131 cm³/mol. The van der Waals surface area contributed by atoms with Gasteiger partial charge in [0, 0.05) is 23.6 Å². The molecule has 1 amide bonds. The molecule has 0 saturated carbocycles. The zero-order valence-electron chi connectivity index (χ0n) is 17.4. The summed E-state index contributed by atoms with van der Waals surface area (Å²) in [6, 6.07) is 20.7. The van der Waals surface area contributed by atoms with Gasteiger partial charge in [0.1, 0.15) is 0 Å². The predicted octanol–water partition coefficient (Wildman–Crippen LogP) is 4.96. The van der Waals surface area contributed by atoms with Crippen molar-refractivity contribution in [2.45, 2.75) is 11.8 Å². The number of anilines is 1. The second kappa shape index (κ2) is 9.01. The van der Waals surface area contributed by atoms with Crippen LogP contribution in [0.4, 0.5) is 5.69 Å². The summed E-state index contributed by atoms with van der Waals surface area (Å²) in [6.07, 6.45) is 0. The van der Waals surface area contributed by atoms with Gasteiger partial charge in [-0.25, -0.2) is 8.42 Å². The van der Waals surface area contributed by atoms with Crippen molar-refractivity contribution in [3.8, 4) is 0 Å². The number of para-hydroxylation sites is 1. The number of hydrogen-bond donors (Lipinski definition) is 0. The number of carbonyl (C=O) groups excluding carboxylic acids is 1. The Labute approximate surface area is 198 Å². The maximum Gasteiger partial charge on any atom is 0.279 e. The van der Waals surface area contributed by atoms with Gasteiger partial charge in [-0.15, -0.1) is 0 Å². The number of carbonyl (C=O) groups is 1. The van der Waals surface area contributed by atoms with E-state index in [0.717, 1.165) is 14.7 Å². The van der Waals surface area contributed by atoms with Gasteiger partial charge >= 0.3 is 0 Å². The molecule has 3 aromatic carbocycles. The molecule has 4 rings (SSSR count). The Morgan fingerprint density at radius 3 is 2.41 bits per heavy atom. The highest BCUT2D eigenvalue weighted by atomic mass is 79.9. The Morgan fingerprint density at radius 2 is 1.75 bits per heavy atom. The third-order valence-corrected chi connectivity index (χ3v) is 8.49. The van der Waals surface area contributed by atoms with E-state index in [2.05, 4.69) is 20.9 Å². The minimum Gasteiger partial charge on any atom is -0.319 e. The maximum atomic E-state index is 13.1. The molecule has 0 atom stereocenters. The first-order valence-electron chi connectivity index (χ1n) is 9.83. The lowest BCUT2D eigenvalue weighted by molar-refractivity contribution is 0.0998. The Hall–Kier alpha value is -2.75. The van der Waals surface area contributed by atoms with E-state index >= 15 is 0 Å². The van der Waals surface area contributed by atoms with Crippen LogP contribution in [0.3, 0.4) is 0 Å². The first-order valence-corrected chi connectivity index (χ1v) is 12.9. The van der Waals surface area contributed by atoms with Crippen LogP contribution in [0, 0.1) is 0 Å². The number of rotatable bonds is 5. The van der Waals surface area contributed by atoms with Crippen molar-refractivity contribution in [3.63, 3.8) is 0 Å². The number of nitrogens with zero attached hydrogens (tertiary/aromatic N) is 3. The topological polar surface area (TPSA) is 71.7 Å². The summed E-state index contributed by atoms with van der Waals surface area (Å²) in [6.45, 7) is 2.08. The SMILES string of the molecule is CCN(c1ccccc1)S(=O)(=O)c1ccc(C(=O)N=c2sc3cc(Br)ccc3n2C)cc1. The minimum absolute atomic E-state index is 0.122. The van der Waals surface area contributed by atoms with E-state index in [-0.39, 0.29) is 4.90 Å². The number of hydrogen-bond acceptors (Lipinski definition) is 4. The molecule has 0 radical (unpaired) electrons. The van der Waals surface area contributed by atoms with Crippen LogP contribution in [-0.4, -0.2) is 25.4 Å². The van der Waals surface area contributed by atoms with Crippen LogP contribution >= 0.6 is 27.3 Å². The van der Waals surface area contributed by atoms with Crippen LogP contribution in [0.1, 0.15) is 17.3 Å². The second-order valence-electron chi connectivity index (χ2n) is 7.00. The van der Waals surface area contributed by atoms with Gasteiger partial charge in [-0.05, 0) is 61.5 Å². The summed E-state index contributed by atoms with van der Waals surface area (Å²) in [5.41, 5.74) is 1.89. The molecule has 164 valence electrons. The van der Waals surface area contributed by atoms with E-state index in [1.54, 1.807) is 31.2 Å². The molecule has 0 N–H and O–H groups in total. The summed E-state index contributed by atoms with van der Waals surface area (Å²) in [7, 11) is -1.89. The Balaban J connectivity index is 1.64. The molecule has 0 aliphatic heterocycles. The van der Waals surface area contributed by atoms with Crippen molar-refractivity contribution in [2.24, 2.45) is 12.0 Å². The summed E-state index contributed by atoms with van der Waals surface area (Å²) in [5, 5.41) is 0. The number of aromatic nitrogens is 1. The maximum absolute atomic E-state index is 13.1. The van der Waals surface area contributed by atoms with Crippen LogP contribution in [0.2, 0.25) is 0 Å². The molecule has 6 nitrogen and oxygen atoms in total. The molecule has 4 aromatic rings. The molecule has 0 bridgehead atoms. The smallest absolute Gasteiger partial charge is 0.279 e. The number of halogens is 1. The van der Waals surface area contributed by atoms with Crippen LogP contribution in [0.5, 0.6) is 0 Å². The number of sulfonamides is 1. The van der Waals surface area contributed by atoms with Gasteiger partial charge in [0.05, 0.1) is 20.8 Å². The van der Waals surface area contributed by atoms with E-state index in [0.29, 0.717) is 22.6 Å². The molecule has 0 spiro atoms. The molecular weight excluding hydrogens is 510 g/mol. The van der Waals surface area contributed by atoms with Crippen molar-refractivity contribution in [2.75, 3.05) is 10.8 Å². The van der Waals surface area contributed by atoms with Crippen molar-refractivity contribution >= 4 is 59.1 Å². The van der Waals surface area contributed by atoms with Crippen LogP contribution in [-0.2, 0) is 17.1 Å². The molecule has 32 heavy (non-hydrogen) atoms. The fourth-order valence-electron chi connectivity index (χ4n) is 3.35.